The summed E-state index contributed by atoms with van der Waals surface area (Å²) < 4.78 is 2.56. The van der Waals surface area contributed by atoms with Crippen molar-refractivity contribution >= 4 is 24.4 Å². The number of benzene rings is 1. The first kappa shape index (κ1) is 16.1. The van der Waals surface area contributed by atoms with Crippen LogP contribution in [0.4, 0.5) is 0 Å². The zero-order valence-electron chi connectivity index (χ0n) is 13.6. The highest BCUT2D eigenvalue weighted by molar-refractivity contribution is 7.71. The number of H-pyrrole nitrogens is 1. The number of nitrogens with one attached hydrogen (secondary N) is 1. The molecule has 0 atom stereocenters. The molecule has 0 unspecified atom stereocenters. The van der Waals surface area contributed by atoms with Crippen LogP contribution in [0.1, 0.15) is 43.5 Å². The van der Waals surface area contributed by atoms with Crippen LogP contribution in [-0.4, -0.2) is 32.8 Å². The first-order valence-corrected chi connectivity index (χ1v) is 8.73. The van der Waals surface area contributed by atoms with Gasteiger partial charge in [-0.2, -0.15) is 4.98 Å². The highest BCUT2D eigenvalue weighted by Gasteiger charge is 2.18. The molecule has 5 heteroatoms. The number of hydrogen-bond acceptors (Lipinski definition) is 3. The Bertz CT molecular complexity index is 695. The van der Waals surface area contributed by atoms with E-state index >= 15 is 0 Å². The van der Waals surface area contributed by atoms with Crippen molar-refractivity contribution in [2.45, 2.75) is 44.8 Å². The fraction of sp³-hybridized carbons (Fsp3) is 0.444. The van der Waals surface area contributed by atoms with Crippen molar-refractivity contribution in [2.75, 3.05) is 7.05 Å². The Morgan fingerprint density at radius 1 is 1.22 bits per heavy atom. The lowest BCUT2D eigenvalue weighted by Gasteiger charge is -2.30. The van der Waals surface area contributed by atoms with E-state index in [-0.39, 0.29) is 0 Å². The average Bonchev–Trinajstić information content (AvgIpc) is 2.94. The van der Waals surface area contributed by atoms with Gasteiger partial charge in [0.15, 0.2) is 0 Å². The SMILES string of the molecule is CN(Cn1[nH]c(C=Cc2ccccc2)nc1=S)C1CCCCC1. The summed E-state index contributed by atoms with van der Waals surface area (Å²) in [6.45, 7) is 0.773. The van der Waals surface area contributed by atoms with Crippen LogP contribution >= 0.6 is 12.2 Å². The monoisotopic (exact) mass is 328 g/mol. The van der Waals surface area contributed by atoms with Crippen LogP contribution in [0.2, 0.25) is 0 Å². The standard InChI is InChI=1S/C18H24N4S/c1-21(16-10-6-3-7-11-16)14-22-18(23)19-17(20-22)13-12-15-8-4-2-5-9-15/h2,4-5,8-9,12-13,16H,3,6-7,10-11,14H2,1H3,(H,19,20,23). The van der Waals surface area contributed by atoms with Crippen LogP contribution in [0.15, 0.2) is 30.3 Å². The molecule has 0 bridgehead atoms. The van der Waals surface area contributed by atoms with Crippen LogP contribution in [-0.2, 0) is 6.67 Å². The van der Waals surface area contributed by atoms with Crippen molar-refractivity contribution in [1.82, 2.24) is 19.7 Å². The van der Waals surface area contributed by atoms with Crippen molar-refractivity contribution in [3.05, 3.63) is 46.5 Å². The summed E-state index contributed by atoms with van der Waals surface area (Å²) >= 11 is 5.38. The molecule has 1 aromatic heterocycles. The lowest BCUT2D eigenvalue weighted by molar-refractivity contribution is 0.145. The van der Waals surface area contributed by atoms with Gasteiger partial charge >= 0.3 is 0 Å². The summed E-state index contributed by atoms with van der Waals surface area (Å²) in [7, 11) is 2.18. The molecule has 1 fully saturated rings. The molecule has 0 spiro atoms. The number of hydrogen-bond donors (Lipinski definition) is 1. The fourth-order valence-electron chi connectivity index (χ4n) is 3.14. The first-order chi connectivity index (χ1) is 11.2. The molecule has 2 aromatic rings. The van der Waals surface area contributed by atoms with Gasteiger partial charge in [0.05, 0.1) is 6.67 Å². The van der Waals surface area contributed by atoms with Crippen molar-refractivity contribution in [2.24, 2.45) is 0 Å². The van der Waals surface area contributed by atoms with Gasteiger partial charge in [0.2, 0.25) is 4.77 Å². The maximum atomic E-state index is 5.38. The van der Waals surface area contributed by atoms with E-state index in [2.05, 4.69) is 34.2 Å². The lowest BCUT2D eigenvalue weighted by atomic mass is 9.95. The van der Waals surface area contributed by atoms with E-state index < -0.39 is 0 Å². The maximum absolute atomic E-state index is 5.38. The molecule has 0 aliphatic heterocycles. The highest BCUT2D eigenvalue weighted by atomic mass is 32.1. The number of nitrogens with zero attached hydrogens (tertiary/aromatic N) is 3. The van der Waals surface area contributed by atoms with Crippen LogP contribution in [0.3, 0.4) is 0 Å². The summed E-state index contributed by atoms with van der Waals surface area (Å²) in [5.74, 6) is 0.802. The van der Waals surface area contributed by atoms with Gasteiger partial charge in [-0.15, -0.1) is 0 Å². The number of aromatic amines is 1. The third kappa shape index (κ3) is 4.39. The Labute approximate surface area is 142 Å². The molecule has 122 valence electrons. The molecule has 4 nitrogen and oxygen atoms in total. The Balaban J connectivity index is 1.66. The van der Waals surface area contributed by atoms with E-state index in [4.69, 9.17) is 12.2 Å². The second-order valence-electron chi connectivity index (χ2n) is 6.25. The molecule has 1 N–H and O–H groups in total. The molecule has 0 saturated heterocycles. The third-order valence-electron chi connectivity index (χ3n) is 4.49. The van der Waals surface area contributed by atoms with Crippen molar-refractivity contribution in [1.29, 1.82) is 0 Å². The largest absolute Gasteiger partial charge is 0.284 e. The smallest absolute Gasteiger partial charge is 0.217 e. The van der Waals surface area contributed by atoms with Gasteiger partial charge in [-0.3, -0.25) is 10.00 Å². The molecule has 1 saturated carbocycles. The van der Waals surface area contributed by atoms with Gasteiger partial charge < -0.3 is 0 Å². The second-order valence-corrected chi connectivity index (χ2v) is 6.62. The zero-order chi connectivity index (χ0) is 16.1. The molecule has 1 aliphatic carbocycles. The Hall–Kier alpha value is -1.72. The van der Waals surface area contributed by atoms with Gasteiger partial charge in [0.25, 0.3) is 0 Å². The van der Waals surface area contributed by atoms with Crippen molar-refractivity contribution in [3.8, 4) is 0 Å². The minimum atomic E-state index is 0.611. The summed E-state index contributed by atoms with van der Waals surface area (Å²) in [5.41, 5.74) is 1.15. The molecule has 1 heterocycles. The second kappa shape index (κ2) is 7.70. The van der Waals surface area contributed by atoms with Gasteiger partial charge in [0, 0.05) is 6.04 Å². The normalized spacial score (nSPS) is 16.4. The molecule has 0 radical (unpaired) electrons. The van der Waals surface area contributed by atoms with E-state index in [1.165, 1.54) is 32.1 Å². The van der Waals surface area contributed by atoms with E-state index in [0.29, 0.717) is 10.8 Å². The average molecular weight is 328 g/mol. The lowest BCUT2D eigenvalue weighted by Crippen LogP contribution is -2.35. The molecular formula is C18H24N4S. The molecule has 23 heavy (non-hydrogen) atoms. The minimum Gasteiger partial charge on any atom is -0.284 e. The molecule has 3 rings (SSSR count). The summed E-state index contributed by atoms with van der Waals surface area (Å²) in [6, 6.07) is 10.9. The van der Waals surface area contributed by atoms with Gasteiger partial charge in [0.1, 0.15) is 5.82 Å². The predicted octanol–water partition coefficient (Wildman–Crippen LogP) is 4.33. The Kier molecular flexibility index (Phi) is 5.41. The minimum absolute atomic E-state index is 0.611. The van der Waals surface area contributed by atoms with Gasteiger partial charge in [-0.25, -0.2) is 4.68 Å². The molecular weight excluding hydrogens is 304 g/mol. The van der Waals surface area contributed by atoms with Crippen molar-refractivity contribution in [3.63, 3.8) is 0 Å². The number of aromatic nitrogens is 3. The molecule has 1 aliphatic rings. The highest BCUT2D eigenvalue weighted by Crippen LogP contribution is 2.21. The first-order valence-electron chi connectivity index (χ1n) is 8.32. The van der Waals surface area contributed by atoms with Gasteiger partial charge in [-0.1, -0.05) is 55.7 Å². The number of rotatable bonds is 5. The maximum Gasteiger partial charge on any atom is 0.217 e. The van der Waals surface area contributed by atoms with Crippen LogP contribution in [0.5, 0.6) is 0 Å². The van der Waals surface area contributed by atoms with E-state index in [0.717, 1.165) is 18.1 Å². The van der Waals surface area contributed by atoms with E-state index in [1.807, 2.05) is 35.0 Å². The van der Waals surface area contributed by atoms with Gasteiger partial charge in [-0.05, 0) is 43.7 Å². The predicted molar refractivity (Wildman–Crippen MR) is 97.4 cm³/mol. The van der Waals surface area contributed by atoms with E-state index in [1.54, 1.807) is 0 Å². The third-order valence-corrected chi connectivity index (χ3v) is 4.80. The van der Waals surface area contributed by atoms with E-state index in [9.17, 15) is 0 Å². The Morgan fingerprint density at radius 2 is 1.96 bits per heavy atom. The van der Waals surface area contributed by atoms with Crippen LogP contribution in [0, 0.1) is 4.77 Å². The summed E-state index contributed by atoms with van der Waals surface area (Å²) in [4.78, 5) is 6.82. The quantitative estimate of drug-likeness (QED) is 0.830. The van der Waals surface area contributed by atoms with Crippen LogP contribution < -0.4 is 0 Å². The molecule has 1 aromatic carbocycles. The Morgan fingerprint density at radius 3 is 2.70 bits per heavy atom. The zero-order valence-corrected chi connectivity index (χ0v) is 14.4. The summed E-state index contributed by atoms with van der Waals surface area (Å²) in [6.07, 6.45) is 10.7. The van der Waals surface area contributed by atoms with Crippen LogP contribution in [0.25, 0.3) is 12.2 Å². The topological polar surface area (TPSA) is 36.9 Å². The fourth-order valence-corrected chi connectivity index (χ4v) is 3.35. The molecule has 0 amide bonds. The summed E-state index contributed by atoms with van der Waals surface area (Å²) in [5, 5.41) is 3.29. The van der Waals surface area contributed by atoms with Crippen molar-refractivity contribution < 1.29 is 0 Å².